The molecule has 1 aliphatic heterocycles. The molecule has 0 amide bonds. The standard InChI is InChI=1S/C9H19NO2/c1-4-9(2,3)12-8-6-10-5-7(8)11/h7-8,10-11H,4-6H2,1-3H3/t7-,8-/m1/s1. The van der Waals surface area contributed by atoms with Gasteiger partial charge in [-0.3, -0.25) is 0 Å². The topological polar surface area (TPSA) is 41.5 Å². The minimum absolute atomic E-state index is 0.0278. The summed E-state index contributed by atoms with van der Waals surface area (Å²) in [5.74, 6) is 0. The van der Waals surface area contributed by atoms with Crippen molar-refractivity contribution in [1.29, 1.82) is 0 Å². The first-order valence-corrected chi connectivity index (χ1v) is 4.62. The van der Waals surface area contributed by atoms with E-state index in [-0.39, 0.29) is 17.8 Å². The van der Waals surface area contributed by atoms with Crippen LogP contribution in [0.1, 0.15) is 27.2 Å². The van der Waals surface area contributed by atoms with Gasteiger partial charge in [-0.1, -0.05) is 6.92 Å². The first-order chi connectivity index (χ1) is 5.55. The molecule has 3 heteroatoms. The Bertz CT molecular complexity index is 147. The lowest BCUT2D eigenvalue weighted by Gasteiger charge is -2.28. The van der Waals surface area contributed by atoms with Crippen LogP contribution in [0.25, 0.3) is 0 Å². The predicted octanol–water partition coefficient (Wildman–Crippen LogP) is 0.524. The van der Waals surface area contributed by atoms with Gasteiger partial charge in [0.15, 0.2) is 0 Å². The van der Waals surface area contributed by atoms with Crippen LogP contribution in [0.3, 0.4) is 0 Å². The van der Waals surface area contributed by atoms with Crippen LogP contribution in [-0.2, 0) is 4.74 Å². The van der Waals surface area contributed by atoms with Crippen molar-refractivity contribution in [3.63, 3.8) is 0 Å². The Labute approximate surface area is 74.1 Å². The van der Waals surface area contributed by atoms with Gasteiger partial charge in [-0.15, -0.1) is 0 Å². The number of nitrogens with one attached hydrogen (secondary N) is 1. The van der Waals surface area contributed by atoms with Gasteiger partial charge < -0.3 is 15.2 Å². The Kier molecular flexibility index (Phi) is 3.09. The molecule has 12 heavy (non-hydrogen) atoms. The van der Waals surface area contributed by atoms with Gasteiger partial charge in [0.05, 0.1) is 17.8 Å². The quantitative estimate of drug-likeness (QED) is 0.654. The van der Waals surface area contributed by atoms with Gasteiger partial charge in [0, 0.05) is 13.1 Å². The van der Waals surface area contributed by atoms with Crippen molar-refractivity contribution in [3.05, 3.63) is 0 Å². The number of hydrogen-bond donors (Lipinski definition) is 2. The van der Waals surface area contributed by atoms with Gasteiger partial charge in [-0.2, -0.15) is 0 Å². The third kappa shape index (κ3) is 2.44. The molecule has 0 aromatic heterocycles. The Morgan fingerprint density at radius 2 is 2.17 bits per heavy atom. The SMILES string of the molecule is CCC(C)(C)O[C@@H]1CNC[C@H]1O. The average Bonchev–Trinajstić information content (AvgIpc) is 2.36. The Morgan fingerprint density at radius 1 is 1.50 bits per heavy atom. The molecule has 0 unspecified atom stereocenters. The fraction of sp³-hybridized carbons (Fsp3) is 1.00. The van der Waals surface area contributed by atoms with Crippen LogP contribution in [0.5, 0.6) is 0 Å². The van der Waals surface area contributed by atoms with Crippen molar-refractivity contribution in [2.45, 2.75) is 45.0 Å². The van der Waals surface area contributed by atoms with Gasteiger partial charge in [0.2, 0.25) is 0 Å². The minimum Gasteiger partial charge on any atom is -0.389 e. The normalized spacial score (nSPS) is 31.0. The molecule has 1 rings (SSSR count). The van der Waals surface area contributed by atoms with E-state index in [4.69, 9.17) is 4.74 Å². The maximum absolute atomic E-state index is 9.46. The van der Waals surface area contributed by atoms with Gasteiger partial charge in [0.1, 0.15) is 0 Å². The van der Waals surface area contributed by atoms with E-state index in [9.17, 15) is 5.11 Å². The molecule has 1 aliphatic rings. The number of rotatable bonds is 3. The summed E-state index contributed by atoms with van der Waals surface area (Å²) >= 11 is 0. The predicted molar refractivity (Wildman–Crippen MR) is 48.1 cm³/mol. The van der Waals surface area contributed by atoms with Gasteiger partial charge in [-0.05, 0) is 20.3 Å². The summed E-state index contributed by atoms with van der Waals surface area (Å²) < 4.78 is 5.75. The molecule has 1 fully saturated rings. The van der Waals surface area contributed by atoms with Crippen molar-refractivity contribution in [1.82, 2.24) is 5.32 Å². The summed E-state index contributed by atoms with van der Waals surface area (Å²) in [5, 5.41) is 12.6. The number of hydrogen-bond acceptors (Lipinski definition) is 3. The van der Waals surface area contributed by atoms with Crippen molar-refractivity contribution in [2.75, 3.05) is 13.1 Å². The molecular formula is C9H19NO2. The smallest absolute Gasteiger partial charge is 0.0977 e. The van der Waals surface area contributed by atoms with E-state index in [0.29, 0.717) is 6.54 Å². The summed E-state index contributed by atoms with van der Waals surface area (Å²) in [6.07, 6.45) is 0.603. The van der Waals surface area contributed by atoms with Crippen molar-refractivity contribution in [2.24, 2.45) is 0 Å². The first kappa shape index (κ1) is 9.96. The van der Waals surface area contributed by atoms with Crippen LogP contribution in [0, 0.1) is 0 Å². The van der Waals surface area contributed by atoms with E-state index in [0.717, 1.165) is 13.0 Å². The van der Waals surface area contributed by atoms with Crippen LogP contribution >= 0.6 is 0 Å². The van der Waals surface area contributed by atoms with Crippen LogP contribution in [0.4, 0.5) is 0 Å². The third-order valence-electron chi connectivity index (χ3n) is 2.45. The minimum atomic E-state index is -0.337. The zero-order chi connectivity index (χ0) is 9.19. The molecule has 0 aromatic rings. The highest BCUT2D eigenvalue weighted by Gasteiger charge is 2.30. The third-order valence-corrected chi connectivity index (χ3v) is 2.45. The molecule has 0 bridgehead atoms. The van der Waals surface area contributed by atoms with Gasteiger partial charge in [-0.25, -0.2) is 0 Å². The van der Waals surface area contributed by atoms with Crippen molar-refractivity contribution < 1.29 is 9.84 Å². The summed E-state index contributed by atoms with van der Waals surface area (Å²) in [4.78, 5) is 0. The van der Waals surface area contributed by atoms with Crippen LogP contribution in [0.15, 0.2) is 0 Å². The molecule has 2 N–H and O–H groups in total. The van der Waals surface area contributed by atoms with Crippen LogP contribution < -0.4 is 5.32 Å². The highest BCUT2D eigenvalue weighted by Crippen LogP contribution is 2.19. The summed E-state index contributed by atoms with van der Waals surface area (Å²) in [5.41, 5.74) is -0.113. The summed E-state index contributed by atoms with van der Waals surface area (Å²) in [6.45, 7) is 7.62. The van der Waals surface area contributed by atoms with Crippen LogP contribution in [-0.4, -0.2) is 36.0 Å². The molecule has 72 valence electrons. The second-order valence-electron chi connectivity index (χ2n) is 4.00. The lowest BCUT2D eigenvalue weighted by atomic mass is 10.1. The van der Waals surface area contributed by atoms with E-state index in [1.807, 2.05) is 0 Å². The highest BCUT2D eigenvalue weighted by molar-refractivity contribution is 4.84. The monoisotopic (exact) mass is 173 g/mol. The second kappa shape index (κ2) is 3.73. The van der Waals surface area contributed by atoms with E-state index < -0.39 is 0 Å². The Hall–Kier alpha value is -0.120. The molecule has 2 atom stereocenters. The fourth-order valence-corrected chi connectivity index (χ4v) is 1.25. The van der Waals surface area contributed by atoms with Crippen molar-refractivity contribution >= 4 is 0 Å². The van der Waals surface area contributed by atoms with E-state index in [2.05, 4.69) is 26.1 Å². The number of ether oxygens (including phenoxy) is 1. The Balaban J connectivity index is 2.39. The lowest BCUT2D eigenvalue weighted by molar-refractivity contribution is -0.101. The fourth-order valence-electron chi connectivity index (χ4n) is 1.25. The zero-order valence-electron chi connectivity index (χ0n) is 8.13. The molecule has 1 saturated heterocycles. The van der Waals surface area contributed by atoms with Crippen molar-refractivity contribution in [3.8, 4) is 0 Å². The molecule has 1 heterocycles. The Morgan fingerprint density at radius 3 is 2.58 bits per heavy atom. The van der Waals surface area contributed by atoms with Crippen LogP contribution in [0.2, 0.25) is 0 Å². The maximum Gasteiger partial charge on any atom is 0.0977 e. The van der Waals surface area contributed by atoms with E-state index in [1.54, 1.807) is 0 Å². The summed E-state index contributed by atoms with van der Waals surface area (Å²) in [6, 6.07) is 0. The van der Waals surface area contributed by atoms with Gasteiger partial charge >= 0.3 is 0 Å². The molecule has 0 aromatic carbocycles. The highest BCUT2D eigenvalue weighted by atomic mass is 16.5. The van der Waals surface area contributed by atoms with E-state index in [1.165, 1.54) is 0 Å². The molecular weight excluding hydrogens is 154 g/mol. The second-order valence-corrected chi connectivity index (χ2v) is 4.00. The molecule has 0 radical (unpaired) electrons. The first-order valence-electron chi connectivity index (χ1n) is 4.62. The number of β-amino-alcohol motifs (C(OH)–C–C–N with tert-alkyl or cyclic N) is 1. The molecule has 0 aliphatic carbocycles. The molecule has 3 nitrogen and oxygen atoms in total. The zero-order valence-corrected chi connectivity index (χ0v) is 8.13. The lowest BCUT2D eigenvalue weighted by Crippen LogP contribution is -2.36. The summed E-state index contributed by atoms with van der Waals surface area (Å²) in [7, 11) is 0. The molecule has 0 spiro atoms. The number of aliphatic hydroxyl groups excluding tert-OH is 1. The number of aliphatic hydroxyl groups is 1. The van der Waals surface area contributed by atoms with E-state index >= 15 is 0 Å². The maximum atomic E-state index is 9.46. The van der Waals surface area contributed by atoms with Gasteiger partial charge in [0.25, 0.3) is 0 Å². The molecule has 0 saturated carbocycles. The average molecular weight is 173 g/mol. The largest absolute Gasteiger partial charge is 0.389 e.